The topological polar surface area (TPSA) is 61.8 Å². The van der Waals surface area contributed by atoms with Gasteiger partial charge in [0.1, 0.15) is 11.5 Å². The van der Waals surface area contributed by atoms with Gasteiger partial charge in [0.15, 0.2) is 0 Å². The smallest absolute Gasteiger partial charge is 0.267 e. The lowest BCUT2D eigenvalue weighted by atomic mass is 10.1. The largest absolute Gasteiger partial charge is 0.344 e. The van der Waals surface area contributed by atoms with Crippen molar-refractivity contribution in [1.82, 2.24) is 10.3 Å². The van der Waals surface area contributed by atoms with Gasteiger partial charge in [-0.05, 0) is 30.2 Å². The second-order valence-electron chi connectivity index (χ2n) is 6.23. The number of hydrogen-bond acceptors (Lipinski definition) is 3. The molecule has 2 amide bonds. The predicted octanol–water partition coefficient (Wildman–Crippen LogP) is 3.18. The molecule has 0 fully saturated rings. The molecule has 2 aromatic carbocycles. The normalized spacial score (nSPS) is 15.4. The van der Waals surface area contributed by atoms with E-state index in [1.807, 2.05) is 37.3 Å². The Morgan fingerprint density at radius 1 is 1.15 bits per heavy atom. The fraction of sp³-hybridized carbons (Fsp3) is 0.250. The van der Waals surface area contributed by atoms with Crippen molar-refractivity contribution in [2.24, 2.45) is 5.10 Å². The van der Waals surface area contributed by atoms with Gasteiger partial charge in [-0.1, -0.05) is 42.5 Å². The third-order valence-electron chi connectivity index (χ3n) is 4.26. The van der Waals surface area contributed by atoms with Gasteiger partial charge in [0.25, 0.3) is 5.91 Å². The highest BCUT2D eigenvalue weighted by Gasteiger charge is 2.25. The number of hydrazone groups is 1. The van der Waals surface area contributed by atoms with Crippen LogP contribution < -0.4 is 5.32 Å². The molecule has 1 unspecified atom stereocenters. The number of benzene rings is 2. The Labute approximate surface area is 151 Å². The first-order chi connectivity index (χ1) is 12.5. The van der Waals surface area contributed by atoms with E-state index in [-0.39, 0.29) is 36.6 Å². The van der Waals surface area contributed by atoms with Crippen LogP contribution >= 0.6 is 0 Å². The molecule has 1 heterocycles. The van der Waals surface area contributed by atoms with Gasteiger partial charge < -0.3 is 5.32 Å². The van der Waals surface area contributed by atoms with Gasteiger partial charge in [0, 0.05) is 12.8 Å². The highest BCUT2D eigenvalue weighted by Crippen LogP contribution is 2.16. The van der Waals surface area contributed by atoms with Crippen LogP contribution in [0.1, 0.15) is 36.9 Å². The van der Waals surface area contributed by atoms with Gasteiger partial charge >= 0.3 is 0 Å². The maximum atomic E-state index is 13.0. The number of hydrogen-bond donors (Lipinski definition) is 1. The van der Waals surface area contributed by atoms with E-state index in [1.54, 1.807) is 12.1 Å². The average Bonchev–Trinajstić information content (AvgIpc) is 2.66. The van der Waals surface area contributed by atoms with Gasteiger partial charge in [-0.25, -0.2) is 9.40 Å². The van der Waals surface area contributed by atoms with Crippen LogP contribution in [0.5, 0.6) is 0 Å². The van der Waals surface area contributed by atoms with Crippen LogP contribution in [0.3, 0.4) is 0 Å². The number of rotatable bonds is 5. The lowest BCUT2D eigenvalue weighted by Crippen LogP contribution is -2.39. The van der Waals surface area contributed by atoms with Crippen molar-refractivity contribution in [2.45, 2.75) is 32.4 Å². The molecule has 26 heavy (non-hydrogen) atoms. The van der Waals surface area contributed by atoms with Crippen LogP contribution in [0.4, 0.5) is 4.39 Å². The molecule has 3 rings (SSSR count). The van der Waals surface area contributed by atoms with Gasteiger partial charge in [-0.3, -0.25) is 9.59 Å². The molecule has 0 aliphatic carbocycles. The molecule has 0 saturated heterocycles. The van der Waals surface area contributed by atoms with Crippen LogP contribution in [-0.4, -0.2) is 22.5 Å². The van der Waals surface area contributed by atoms with Crippen molar-refractivity contribution in [2.75, 3.05) is 0 Å². The lowest BCUT2D eigenvalue weighted by Gasteiger charge is -2.24. The van der Waals surface area contributed by atoms with E-state index in [2.05, 4.69) is 10.4 Å². The zero-order chi connectivity index (χ0) is 18.5. The van der Waals surface area contributed by atoms with Gasteiger partial charge in [0.05, 0.1) is 12.6 Å². The third-order valence-corrected chi connectivity index (χ3v) is 4.26. The van der Waals surface area contributed by atoms with Crippen molar-refractivity contribution < 1.29 is 14.0 Å². The summed E-state index contributed by atoms with van der Waals surface area (Å²) in [4.78, 5) is 24.6. The molecule has 6 heteroatoms. The first-order valence-corrected chi connectivity index (χ1v) is 8.51. The minimum atomic E-state index is -0.336. The first-order valence-electron chi connectivity index (χ1n) is 8.51. The SMILES string of the molecule is CC(NC(=O)C1=NN(Cc2ccc(F)cc2)C(=O)CC1)c1ccccc1. The van der Waals surface area contributed by atoms with Crippen molar-refractivity contribution in [1.29, 1.82) is 0 Å². The third kappa shape index (κ3) is 4.33. The van der Waals surface area contributed by atoms with Gasteiger partial charge in [-0.15, -0.1) is 0 Å². The summed E-state index contributed by atoms with van der Waals surface area (Å²) in [6.45, 7) is 2.11. The van der Waals surface area contributed by atoms with Crippen molar-refractivity contribution in [3.8, 4) is 0 Å². The molecule has 0 spiro atoms. The highest BCUT2D eigenvalue weighted by atomic mass is 19.1. The molecule has 134 valence electrons. The molecule has 0 saturated carbocycles. The number of halogens is 1. The molecule has 1 atom stereocenters. The molecule has 0 radical (unpaired) electrons. The minimum Gasteiger partial charge on any atom is -0.344 e. The molecular weight excluding hydrogens is 333 g/mol. The quantitative estimate of drug-likeness (QED) is 0.897. The Bertz CT molecular complexity index is 819. The minimum absolute atomic E-state index is 0.151. The molecule has 1 N–H and O–H groups in total. The second kappa shape index (κ2) is 7.91. The van der Waals surface area contributed by atoms with Gasteiger partial charge in [-0.2, -0.15) is 5.10 Å². The first kappa shape index (κ1) is 17.8. The zero-order valence-corrected chi connectivity index (χ0v) is 14.5. The Morgan fingerprint density at radius 2 is 1.85 bits per heavy atom. The molecule has 1 aliphatic rings. The molecule has 2 aromatic rings. The number of nitrogens with zero attached hydrogens (tertiary/aromatic N) is 2. The van der Waals surface area contributed by atoms with Gasteiger partial charge in [0.2, 0.25) is 5.91 Å². The van der Waals surface area contributed by atoms with Crippen LogP contribution in [0, 0.1) is 5.82 Å². The molecule has 5 nitrogen and oxygen atoms in total. The summed E-state index contributed by atoms with van der Waals surface area (Å²) < 4.78 is 13.0. The Morgan fingerprint density at radius 3 is 2.54 bits per heavy atom. The van der Waals surface area contributed by atoms with E-state index in [4.69, 9.17) is 0 Å². The Kier molecular flexibility index (Phi) is 5.41. The summed E-state index contributed by atoms with van der Waals surface area (Å²) in [5, 5.41) is 8.41. The van der Waals surface area contributed by atoms with E-state index in [9.17, 15) is 14.0 Å². The lowest BCUT2D eigenvalue weighted by molar-refractivity contribution is -0.132. The Balaban J connectivity index is 1.69. The highest BCUT2D eigenvalue weighted by molar-refractivity contribution is 6.39. The number of amides is 2. The van der Waals surface area contributed by atoms with Crippen molar-refractivity contribution >= 4 is 17.5 Å². The maximum Gasteiger partial charge on any atom is 0.267 e. The second-order valence-corrected chi connectivity index (χ2v) is 6.23. The summed E-state index contributed by atoms with van der Waals surface area (Å²) in [6, 6.07) is 15.4. The van der Waals surface area contributed by atoms with Crippen LogP contribution in [-0.2, 0) is 16.1 Å². The van der Waals surface area contributed by atoms with E-state index in [1.165, 1.54) is 17.1 Å². The maximum absolute atomic E-state index is 13.0. The summed E-state index contributed by atoms with van der Waals surface area (Å²) in [5.41, 5.74) is 2.08. The standard InChI is InChI=1S/C20H20FN3O2/c1-14(16-5-3-2-4-6-16)22-20(26)18-11-12-19(25)24(23-18)13-15-7-9-17(21)10-8-15/h2-10,14H,11-13H2,1H3,(H,22,26). The number of nitrogens with one attached hydrogen (secondary N) is 1. The van der Waals surface area contributed by atoms with Crippen LogP contribution in [0.2, 0.25) is 0 Å². The average molecular weight is 353 g/mol. The monoisotopic (exact) mass is 353 g/mol. The summed E-state index contributed by atoms with van der Waals surface area (Å²) >= 11 is 0. The van der Waals surface area contributed by atoms with Crippen molar-refractivity contribution in [3.05, 3.63) is 71.5 Å². The molecule has 1 aliphatic heterocycles. The predicted molar refractivity (Wildman–Crippen MR) is 96.6 cm³/mol. The van der Waals surface area contributed by atoms with E-state index in [0.717, 1.165) is 11.1 Å². The zero-order valence-electron chi connectivity index (χ0n) is 14.5. The van der Waals surface area contributed by atoms with Crippen LogP contribution in [0.15, 0.2) is 59.7 Å². The Hall–Kier alpha value is -3.02. The number of carbonyl (C=O) groups is 2. The number of carbonyl (C=O) groups excluding carboxylic acids is 2. The summed E-state index contributed by atoms with van der Waals surface area (Å²) in [5.74, 6) is -0.767. The molecular formula is C20H20FN3O2. The summed E-state index contributed by atoms with van der Waals surface area (Å²) in [7, 11) is 0. The molecule has 0 aromatic heterocycles. The van der Waals surface area contributed by atoms with Crippen molar-refractivity contribution in [3.63, 3.8) is 0 Å². The molecule has 0 bridgehead atoms. The van der Waals surface area contributed by atoms with E-state index in [0.29, 0.717) is 12.1 Å². The fourth-order valence-electron chi connectivity index (χ4n) is 2.76. The van der Waals surface area contributed by atoms with E-state index >= 15 is 0 Å². The van der Waals surface area contributed by atoms with Crippen LogP contribution in [0.25, 0.3) is 0 Å². The summed E-state index contributed by atoms with van der Waals surface area (Å²) in [6.07, 6.45) is 0.541. The van der Waals surface area contributed by atoms with E-state index < -0.39 is 0 Å². The fourth-order valence-corrected chi connectivity index (χ4v) is 2.76.